The van der Waals surface area contributed by atoms with Crippen molar-refractivity contribution < 1.29 is 4.79 Å². The zero-order chi connectivity index (χ0) is 17.8. The van der Waals surface area contributed by atoms with Gasteiger partial charge in [-0.05, 0) is 42.0 Å². The highest BCUT2D eigenvalue weighted by Crippen LogP contribution is 2.08. The lowest BCUT2D eigenvalue weighted by Crippen LogP contribution is -2.23. The molecule has 3 aromatic heterocycles. The summed E-state index contributed by atoms with van der Waals surface area (Å²) in [7, 11) is 0. The molecule has 0 spiro atoms. The summed E-state index contributed by atoms with van der Waals surface area (Å²) >= 11 is 0. The SMILES string of the molecule is O=C(NCc1ccnc(-n2cccn2)c1)c1ccn(-c2ccccc2)n1. The molecule has 7 heteroatoms. The van der Waals surface area contributed by atoms with Crippen LogP contribution in [-0.2, 0) is 6.54 Å². The van der Waals surface area contributed by atoms with Crippen LogP contribution in [-0.4, -0.2) is 30.5 Å². The van der Waals surface area contributed by atoms with Gasteiger partial charge in [0.15, 0.2) is 11.5 Å². The van der Waals surface area contributed by atoms with Crippen LogP contribution in [0.1, 0.15) is 16.1 Å². The van der Waals surface area contributed by atoms with Crippen molar-refractivity contribution in [3.8, 4) is 11.5 Å². The predicted octanol–water partition coefficient (Wildman–Crippen LogP) is 2.38. The van der Waals surface area contributed by atoms with Crippen LogP contribution >= 0.6 is 0 Å². The second-order valence-corrected chi connectivity index (χ2v) is 5.64. The number of carbonyl (C=O) groups excluding carboxylic acids is 1. The third-order valence-corrected chi connectivity index (χ3v) is 3.84. The van der Waals surface area contributed by atoms with E-state index in [0.29, 0.717) is 18.1 Å². The van der Waals surface area contributed by atoms with Crippen molar-refractivity contribution in [1.29, 1.82) is 0 Å². The Bertz CT molecular complexity index is 1010. The lowest BCUT2D eigenvalue weighted by atomic mass is 10.2. The summed E-state index contributed by atoms with van der Waals surface area (Å²) in [6.45, 7) is 0.383. The van der Waals surface area contributed by atoms with E-state index in [2.05, 4.69) is 20.5 Å². The summed E-state index contributed by atoms with van der Waals surface area (Å²) in [5.74, 6) is 0.479. The van der Waals surface area contributed by atoms with Crippen molar-refractivity contribution in [3.63, 3.8) is 0 Å². The van der Waals surface area contributed by atoms with Crippen LogP contribution in [0.2, 0.25) is 0 Å². The summed E-state index contributed by atoms with van der Waals surface area (Å²) in [6, 6.07) is 16.9. The van der Waals surface area contributed by atoms with E-state index >= 15 is 0 Å². The van der Waals surface area contributed by atoms with Gasteiger partial charge in [-0.3, -0.25) is 4.79 Å². The Kier molecular flexibility index (Phi) is 4.26. The molecule has 4 aromatic rings. The second-order valence-electron chi connectivity index (χ2n) is 5.64. The van der Waals surface area contributed by atoms with Crippen molar-refractivity contribution >= 4 is 5.91 Å². The Morgan fingerprint density at radius 3 is 2.65 bits per heavy atom. The Morgan fingerprint density at radius 2 is 1.85 bits per heavy atom. The molecule has 26 heavy (non-hydrogen) atoms. The highest BCUT2D eigenvalue weighted by atomic mass is 16.1. The number of amides is 1. The van der Waals surface area contributed by atoms with E-state index in [1.54, 1.807) is 34.0 Å². The van der Waals surface area contributed by atoms with Gasteiger partial charge in [-0.2, -0.15) is 10.2 Å². The number of rotatable bonds is 5. The van der Waals surface area contributed by atoms with Gasteiger partial charge < -0.3 is 5.32 Å². The van der Waals surface area contributed by atoms with Gasteiger partial charge in [0.1, 0.15) is 0 Å². The van der Waals surface area contributed by atoms with Crippen molar-refractivity contribution in [2.45, 2.75) is 6.54 Å². The van der Waals surface area contributed by atoms with Gasteiger partial charge in [0.2, 0.25) is 0 Å². The zero-order valence-corrected chi connectivity index (χ0v) is 13.9. The molecule has 1 aromatic carbocycles. The molecular formula is C19H16N6O. The number of pyridine rings is 1. The fraction of sp³-hybridized carbons (Fsp3) is 0.0526. The first-order valence-electron chi connectivity index (χ1n) is 8.14. The van der Waals surface area contributed by atoms with E-state index in [4.69, 9.17) is 0 Å². The van der Waals surface area contributed by atoms with Crippen LogP contribution in [0, 0.1) is 0 Å². The molecule has 7 nitrogen and oxygen atoms in total. The molecule has 0 saturated carbocycles. The van der Waals surface area contributed by atoms with Crippen LogP contribution in [0.15, 0.2) is 79.4 Å². The number of hydrogen-bond acceptors (Lipinski definition) is 4. The van der Waals surface area contributed by atoms with E-state index < -0.39 is 0 Å². The predicted molar refractivity (Wildman–Crippen MR) is 96.1 cm³/mol. The quantitative estimate of drug-likeness (QED) is 0.603. The molecule has 0 aliphatic carbocycles. The molecule has 0 aliphatic heterocycles. The van der Waals surface area contributed by atoms with E-state index in [1.165, 1.54) is 0 Å². The molecule has 0 aliphatic rings. The minimum atomic E-state index is -0.225. The summed E-state index contributed by atoms with van der Waals surface area (Å²) in [5, 5.41) is 11.4. The number of nitrogens with one attached hydrogen (secondary N) is 1. The monoisotopic (exact) mass is 344 g/mol. The van der Waals surface area contributed by atoms with E-state index in [-0.39, 0.29) is 5.91 Å². The standard InChI is InChI=1S/C19H16N6O/c26-19(17-8-12-24(23-17)16-5-2-1-3-6-16)21-14-15-7-10-20-18(13-15)25-11-4-9-22-25/h1-13H,14H2,(H,21,26). The molecule has 0 saturated heterocycles. The molecule has 0 radical (unpaired) electrons. The third-order valence-electron chi connectivity index (χ3n) is 3.84. The van der Waals surface area contributed by atoms with Gasteiger partial charge in [0.25, 0.3) is 5.91 Å². The third kappa shape index (κ3) is 3.36. The maximum Gasteiger partial charge on any atom is 0.272 e. The van der Waals surface area contributed by atoms with E-state index in [9.17, 15) is 4.79 Å². The maximum absolute atomic E-state index is 12.4. The highest BCUT2D eigenvalue weighted by Gasteiger charge is 2.10. The Balaban J connectivity index is 1.43. The summed E-state index contributed by atoms with van der Waals surface area (Å²) < 4.78 is 3.35. The number of nitrogens with zero attached hydrogens (tertiary/aromatic N) is 5. The zero-order valence-electron chi connectivity index (χ0n) is 13.9. The lowest BCUT2D eigenvalue weighted by Gasteiger charge is -2.06. The van der Waals surface area contributed by atoms with Crippen molar-refractivity contribution in [2.75, 3.05) is 0 Å². The van der Waals surface area contributed by atoms with Gasteiger partial charge in [0.05, 0.1) is 5.69 Å². The molecule has 128 valence electrons. The molecule has 0 fully saturated rings. The molecule has 1 amide bonds. The van der Waals surface area contributed by atoms with Gasteiger partial charge in [0, 0.05) is 31.3 Å². The molecule has 4 rings (SSSR count). The van der Waals surface area contributed by atoms with Crippen LogP contribution in [0.4, 0.5) is 0 Å². The largest absolute Gasteiger partial charge is 0.347 e. The van der Waals surface area contributed by atoms with Gasteiger partial charge in [-0.25, -0.2) is 14.3 Å². The van der Waals surface area contributed by atoms with Gasteiger partial charge in [-0.1, -0.05) is 18.2 Å². The topological polar surface area (TPSA) is 77.6 Å². The average molecular weight is 344 g/mol. The van der Waals surface area contributed by atoms with Crippen LogP contribution in [0.3, 0.4) is 0 Å². The molecule has 0 unspecified atom stereocenters. The first-order chi connectivity index (χ1) is 12.8. The molecule has 1 N–H and O–H groups in total. The maximum atomic E-state index is 12.4. The first-order valence-corrected chi connectivity index (χ1v) is 8.14. The Morgan fingerprint density at radius 1 is 0.962 bits per heavy atom. The number of benzene rings is 1. The number of aromatic nitrogens is 5. The number of carbonyl (C=O) groups is 1. The van der Waals surface area contributed by atoms with Crippen molar-refractivity contribution in [2.24, 2.45) is 0 Å². The minimum absolute atomic E-state index is 0.225. The highest BCUT2D eigenvalue weighted by molar-refractivity contribution is 5.92. The number of para-hydroxylation sites is 1. The second kappa shape index (κ2) is 7.02. The lowest BCUT2D eigenvalue weighted by molar-refractivity contribution is 0.0945. The van der Waals surface area contributed by atoms with E-state index in [0.717, 1.165) is 11.3 Å². The van der Waals surface area contributed by atoms with Crippen LogP contribution < -0.4 is 5.32 Å². The van der Waals surface area contributed by atoms with E-state index in [1.807, 2.05) is 54.7 Å². The Hall–Kier alpha value is -3.74. The first kappa shape index (κ1) is 15.8. The van der Waals surface area contributed by atoms with Gasteiger partial charge >= 0.3 is 0 Å². The number of hydrogen-bond donors (Lipinski definition) is 1. The van der Waals surface area contributed by atoms with Gasteiger partial charge in [-0.15, -0.1) is 0 Å². The van der Waals surface area contributed by atoms with Crippen LogP contribution in [0.25, 0.3) is 11.5 Å². The molecular weight excluding hydrogens is 328 g/mol. The smallest absolute Gasteiger partial charge is 0.272 e. The normalized spacial score (nSPS) is 10.6. The molecule has 0 atom stereocenters. The fourth-order valence-electron chi connectivity index (χ4n) is 2.54. The summed E-state index contributed by atoms with van der Waals surface area (Å²) in [5.41, 5.74) is 2.21. The summed E-state index contributed by atoms with van der Waals surface area (Å²) in [6.07, 6.45) is 6.98. The fourth-order valence-corrected chi connectivity index (χ4v) is 2.54. The molecule has 3 heterocycles. The van der Waals surface area contributed by atoms with Crippen molar-refractivity contribution in [3.05, 3.63) is 90.6 Å². The van der Waals surface area contributed by atoms with Crippen LogP contribution in [0.5, 0.6) is 0 Å². The minimum Gasteiger partial charge on any atom is -0.347 e. The Labute approximate surface area is 149 Å². The summed E-state index contributed by atoms with van der Waals surface area (Å²) in [4.78, 5) is 16.6. The van der Waals surface area contributed by atoms with Crippen molar-refractivity contribution in [1.82, 2.24) is 29.9 Å². The average Bonchev–Trinajstić information content (AvgIpc) is 3.39. The molecule has 0 bridgehead atoms.